The molecule has 0 radical (unpaired) electrons. The van der Waals surface area contributed by atoms with Crippen LogP contribution < -0.4 is 11.1 Å². The Kier molecular flexibility index (Phi) is 6.92. The van der Waals surface area contributed by atoms with Crippen LogP contribution >= 0.6 is 11.6 Å². The second kappa shape index (κ2) is 10.7. The summed E-state index contributed by atoms with van der Waals surface area (Å²) in [5.74, 6) is -0.265. The number of hydrogen-bond donors (Lipinski definition) is 2. The van der Waals surface area contributed by atoms with Gasteiger partial charge in [-0.25, -0.2) is 9.97 Å². The van der Waals surface area contributed by atoms with E-state index in [1.165, 1.54) is 25.6 Å². The van der Waals surface area contributed by atoms with Gasteiger partial charge in [0.15, 0.2) is 5.58 Å². The quantitative estimate of drug-likeness (QED) is 0.347. The normalized spacial score (nSPS) is 18.5. The molecule has 6 rings (SSSR count). The van der Waals surface area contributed by atoms with Crippen LogP contribution in [-0.4, -0.2) is 73.9 Å². The lowest BCUT2D eigenvalue weighted by Crippen LogP contribution is -2.30. The molecule has 0 saturated carbocycles. The van der Waals surface area contributed by atoms with Gasteiger partial charge in [-0.15, -0.1) is 0 Å². The third-order valence-corrected chi connectivity index (χ3v) is 7.63. The third-order valence-electron chi connectivity index (χ3n) is 7.39. The van der Waals surface area contributed by atoms with Crippen LogP contribution in [0.2, 0.25) is 5.02 Å². The van der Waals surface area contributed by atoms with Crippen molar-refractivity contribution >= 4 is 57.4 Å². The van der Waals surface area contributed by atoms with Gasteiger partial charge in [0.2, 0.25) is 5.91 Å². The standard InChI is InChI=1S/C27H29ClN8O3/c28-17-6-7-21-20(13-17)32-27(39-21)33-26(38)19-15-36(25-23(19)24(29)30-16-31-25)18-8-12-35(14-18)22(37)5-4-11-34-9-2-1-3-10-34/h4-7,13,15-16,18H,1-3,8-12,14H2,(H2,29,30,31)(H,32,33,38)/b5-4+. The summed E-state index contributed by atoms with van der Waals surface area (Å²) in [6, 6.07) is 5.02. The summed E-state index contributed by atoms with van der Waals surface area (Å²) in [5, 5.41) is 3.67. The van der Waals surface area contributed by atoms with Gasteiger partial charge in [0.05, 0.1) is 17.0 Å². The summed E-state index contributed by atoms with van der Waals surface area (Å²) < 4.78 is 7.57. The Morgan fingerprint density at radius 3 is 2.87 bits per heavy atom. The average Bonchev–Trinajstić information content (AvgIpc) is 3.66. The monoisotopic (exact) mass is 548 g/mol. The molecule has 1 atom stereocenters. The lowest BCUT2D eigenvalue weighted by molar-refractivity contribution is -0.125. The Morgan fingerprint density at radius 2 is 2.03 bits per heavy atom. The first-order valence-electron chi connectivity index (χ1n) is 13.1. The number of nitrogens with one attached hydrogen (secondary N) is 1. The smallest absolute Gasteiger partial charge is 0.302 e. The largest absolute Gasteiger partial charge is 0.423 e. The molecule has 0 spiro atoms. The summed E-state index contributed by atoms with van der Waals surface area (Å²) in [4.78, 5) is 43.2. The van der Waals surface area contributed by atoms with E-state index in [0.29, 0.717) is 45.8 Å². The third kappa shape index (κ3) is 5.19. The van der Waals surface area contributed by atoms with Crippen LogP contribution in [-0.2, 0) is 4.79 Å². The van der Waals surface area contributed by atoms with E-state index in [1.807, 2.05) is 15.5 Å². The van der Waals surface area contributed by atoms with Crippen molar-refractivity contribution in [3.8, 4) is 0 Å². The molecule has 2 aliphatic heterocycles. The Hall–Kier alpha value is -3.96. The fourth-order valence-electron chi connectivity index (χ4n) is 5.40. The van der Waals surface area contributed by atoms with E-state index in [1.54, 1.807) is 30.5 Å². The minimum Gasteiger partial charge on any atom is -0.423 e. The highest BCUT2D eigenvalue weighted by Gasteiger charge is 2.30. The van der Waals surface area contributed by atoms with Crippen molar-refractivity contribution in [2.24, 2.45) is 0 Å². The van der Waals surface area contributed by atoms with E-state index in [-0.39, 0.29) is 23.8 Å². The number of anilines is 2. The highest BCUT2D eigenvalue weighted by atomic mass is 35.5. The molecule has 5 heterocycles. The minimum absolute atomic E-state index is 0.00543. The number of oxazole rings is 1. The van der Waals surface area contributed by atoms with Gasteiger partial charge in [-0.3, -0.25) is 19.8 Å². The van der Waals surface area contributed by atoms with Crippen molar-refractivity contribution in [2.45, 2.75) is 31.7 Å². The lowest BCUT2D eigenvalue weighted by Gasteiger charge is -2.24. The van der Waals surface area contributed by atoms with Crippen LogP contribution in [0.1, 0.15) is 42.1 Å². The Morgan fingerprint density at radius 1 is 1.18 bits per heavy atom. The predicted octanol–water partition coefficient (Wildman–Crippen LogP) is 3.88. The molecule has 1 aromatic carbocycles. The molecule has 4 aromatic rings. The van der Waals surface area contributed by atoms with E-state index in [9.17, 15) is 9.59 Å². The molecular formula is C27H29ClN8O3. The van der Waals surface area contributed by atoms with E-state index in [4.69, 9.17) is 21.8 Å². The van der Waals surface area contributed by atoms with Gasteiger partial charge in [0, 0.05) is 36.9 Å². The van der Waals surface area contributed by atoms with Gasteiger partial charge in [-0.05, 0) is 50.6 Å². The topological polar surface area (TPSA) is 135 Å². The highest BCUT2D eigenvalue weighted by molar-refractivity contribution is 6.31. The van der Waals surface area contributed by atoms with E-state index in [2.05, 4.69) is 25.2 Å². The Labute approximate surface area is 229 Å². The van der Waals surface area contributed by atoms with Gasteiger partial charge in [-0.1, -0.05) is 24.1 Å². The van der Waals surface area contributed by atoms with Gasteiger partial charge < -0.3 is 19.6 Å². The van der Waals surface area contributed by atoms with Gasteiger partial charge in [0.25, 0.3) is 5.91 Å². The summed E-state index contributed by atoms with van der Waals surface area (Å²) in [6.45, 7) is 4.10. The average molecular weight is 549 g/mol. The Balaban J connectivity index is 1.19. The number of piperidine rings is 1. The molecule has 0 aliphatic carbocycles. The van der Waals surface area contributed by atoms with Gasteiger partial charge in [0.1, 0.15) is 23.3 Å². The summed E-state index contributed by atoms with van der Waals surface area (Å²) in [7, 11) is 0. The maximum absolute atomic E-state index is 13.3. The van der Waals surface area contributed by atoms with E-state index >= 15 is 0 Å². The van der Waals surface area contributed by atoms with Crippen molar-refractivity contribution in [2.75, 3.05) is 43.8 Å². The van der Waals surface area contributed by atoms with Crippen LogP contribution in [0.3, 0.4) is 0 Å². The van der Waals surface area contributed by atoms with Crippen molar-refractivity contribution < 1.29 is 14.0 Å². The summed E-state index contributed by atoms with van der Waals surface area (Å²) in [6.07, 6.45) is 11.2. The number of rotatable bonds is 6. The molecule has 39 heavy (non-hydrogen) atoms. The molecule has 2 saturated heterocycles. The molecule has 3 aromatic heterocycles. The van der Waals surface area contributed by atoms with E-state index < -0.39 is 5.91 Å². The highest BCUT2D eigenvalue weighted by Crippen LogP contribution is 2.32. The number of nitrogens with two attached hydrogens (primary N) is 1. The summed E-state index contributed by atoms with van der Waals surface area (Å²) in [5.41, 5.74) is 8.07. The lowest BCUT2D eigenvalue weighted by atomic mass is 10.1. The van der Waals surface area contributed by atoms with Gasteiger partial charge >= 0.3 is 6.01 Å². The number of likely N-dealkylation sites (tertiary alicyclic amines) is 2. The molecular weight excluding hydrogens is 520 g/mol. The minimum atomic E-state index is -0.454. The second-order valence-electron chi connectivity index (χ2n) is 9.98. The van der Waals surface area contributed by atoms with Crippen LogP contribution in [0, 0.1) is 0 Å². The number of hydrogen-bond acceptors (Lipinski definition) is 8. The van der Waals surface area contributed by atoms with Crippen LogP contribution in [0.15, 0.2) is 47.3 Å². The molecule has 202 valence electrons. The number of amides is 2. The molecule has 1 unspecified atom stereocenters. The second-order valence-corrected chi connectivity index (χ2v) is 10.4. The SMILES string of the molecule is Nc1ncnc2c1c(C(=O)Nc1nc3cc(Cl)ccc3o1)cn2C1CCN(C(=O)/C=C/CN2CCCCC2)C1. The Bertz CT molecular complexity index is 1570. The zero-order chi connectivity index (χ0) is 26.9. The first-order chi connectivity index (χ1) is 19.0. The van der Waals surface area contributed by atoms with Gasteiger partial charge in [-0.2, -0.15) is 4.98 Å². The maximum atomic E-state index is 13.3. The molecule has 0 bridgehead atoms. The number of benzene rings is 1. The van der Waals surface area contributed by atoms with Crippen molar-refractivity contribution in [3.63, 3.8) is 0 Å². The molecule has 12 heteroatoms. The fraction of sp³-hybridized carbons (Fsp3) is 0.370. The maximum Gasteiger partial charge on any atom is 0.302 e. The molecule has 11 nitrogen and oxygen atoms in total. The number of carbonyl (C=O) groups excluding carboxylic acids is 2. The van der Waals surface area contributed by atoms with Crippen molar-refractivity contribution in [1.29, 1.82) is 0 Å². The van der Waals surface area contributed by atoms with Crippen LogP contribution in [0.5, 0.6) is 0 Å². The first-order valence-corrected chi connectivity index (χ1v) is 13.5. The molecule has 3 N–H and O–H groups in total. The zero-order valence-corrected chi connectivity index (χ0v) is 22.1. The predicted molar refractivity (Wildman–Crippen MR) is 149 cm³/mol. The molecule has 2 aliphatic rings. The number of fused-ring (bicyclic) bond motifs is 2. The number of carbonyl (C=O) groups is 2. The van der Waals surface area contributed by atoms with E-state index in [0.717, 1.165) is 26.1 Å². The van der Waals surface area contributed by atoms with Crippen molar-refractivity contribution in [1.82, 2.24) is 29.3 Å². The first kappa shape index (κ1) is 25.3. The number of halogens is 1. The van der Waals surface area contributed by atoms with Crippen LogP contribution in [0.25, 0.3) is 22.1 Å². The zero-order valence-electron chi connectivity index (χ0n) is 21.3. The number of nitrogen functional groups attached to an aromatic ring is 1. The van der Waals surface area contributed by atoms with Crippen LogP contribution in [0.4, 0.5) is 11.8 Å². The van der Waals surface area contributed by atoms with Crippen molar-refractivity contribution in [3.05, 3.63) is 53.5 Å². The number of nitrogens with zero attached hydrogens (tertiary/aromatic N) is 6. The fourth-order valence-corrected chi connectivity index (χ4v) is 5.56. The molecule has 2 fully saturated rings. The number of aromatic nitrogens is 4. The molecule has 2 amide bonds. The summed E-state index contributed by atoms with van der Waals surface area (Å²) >= 11 is 6.03.